The van der Waals surface area contributed by atoms with Crippen molar-refractivity contribution in [2.45, 2.75) is 44.4 Å². The molecule has 0 radical (unpaired) electrons. The first-order valence-electron chi connectivity index (χ1n) is 8.23. The molecule has 6 nitrogen and oxygen atoms in total. The molecule has 1 aliphatic carbocycles. The summed E-state index contributed by atoms with van der Waals surface area (Å²) >= 11 is 1.56. The summed E-state index contributed by atoms with van der Waals surface area (Å²) in [6.45, 7) is 5.13. The summed E-state index contributed by atoms with van der Waals surface area (Å²) in [5.74, 6) is 0.0296. The van der Waals surface area contributed by atoms with Gasteiger partial charge in [0, 0.05) is 31.6 Å². The highest BCUT2D eigenvalue weighted by atomic mass is 32.1. The molecule has 0 spiro atoms. The van der Waals surface area contributed by atoms with Crippen LogP contribution in [0, 0.1) is 6.92 Å². The lowest BCUT2D eigenvalue weighted by molar-refractivity contribution is -0.133. The minimum atomic E-state index is -0.487. The third kappa shape index (κ3) is 3.74. The summed E-state index contributed by atoms with van der Waals surface area (Å²) < 4.78 is 5.38. The number of rotatable bonds is 4. The van der Waals surface area contributed by atoms with Crippen LogP contribution in [0.15, 0.2) is 5.38 Å². The van der Waals surface area contributed by atoms with Gasteiger partial charge in [-0.05, 0) is 19.8 Å². The summed E-state index contributed by atoms with van der Waals surface area (Å²) in [5.41, 5.74) is 0.821. The first-order chi connectivity index (χ1) is 11.1. The molecule has 0 aromatic carbocycles. The first-order valence-corrected chi connectivity index (χ1v) is 9.10. The van der Waals surface area contributed by atoms with Crippen LogP contribution in [0.25, 0.3) is 0 Å². The summed E-state index contributed by atoms with van der Waals surface area (Å²) in [6.07, 6.45) is 1.60. The molecular formula is C16H25N3O3S. The zero-order valence-corrected chi connectivity index (χ0v) is 14.6. The van der Waals surface area contributed by atoms with Crippen LogP contribution < -0.4 is 0 Å². The molecule has 128 valence electrons. The SMILES string of the molecule is Cc1nc(CC(=O)N(C)[C@@H]2CC[C@@H](N3CCOCC3)[C@@H]2O)cs1. The van der Waals surface area contributed by atoms with Crippen molar-refractivity contribution in [2.24, 2.45) is 0 Å². The van der Waals surface area contributed by atoms with E-state index in [9.17, 15) is 9.90 Å². The number of aliphatic hydroxyl groups is 1. The molecule has 23 heavy (non-hydrogen) atoms. The first kappa shape index (κ1) is 16.8. The molecular weight excluding hydrogens is 314 g/mol. The predicted octanol–water partition coefficient (Wildman–Crippen LogP) is 0.677. The van der Waals surface area contributed by atoms with Crippen molar-refractivity contribution < 1.29 is 14.6 Å². The van der Waals surface area contributed by atoms with Crippen molar-refractivity contribution in [2.75, 3.05) is 33.4 Å². The van der Waals surface area contributed by atoms with Crippen LogP contribution >= 0.6 is 11.3 Å². The monoisotopic (exact) mass is 339 g/mol. The Balaban J connectivity index is 1.58. The Morgan fingerprint density at radius 1 is 1.48 bits per heavy atom. The lowest BCUT2D eigenvalue weighted by atomic mass is 10.1. The van der Waals surface area contributed by atoms with Gasteiger partial charge < -0.3 is 14.7 Å². The van der Waals surface area contributed by atoms with E-state index in [4.69, 9.17) is 4.74 Å². The summed E-state index contributed by atoms with van der Waals surface area (Å²) in [4.78, 5) is 20.9. The fourth-order valence-electron chi connectivity index (χ4n) is 3.62. The zero-order chi connectivity index (χ0) is 16.4. The molecule has 2 aliphatic rings. The molecule has 1 amide bonds. The minimum absolute atomic E-state index is 0.0296. The maximum atomic E-state index is 12.5. The van der Waals surface area contributed by atoms with Gasteiger partial charge in [-0.15, -0.1) is 11.3 Å². The molecule has 3 atom stereocenters. The molecule has 1 aromatic rings. The number of thiazole rings is 1. The van der Waals surface area contributed by atoms with E-state index in [0.29, 0.717) is 6.42 Å². The van der Waals surface area contributed by atoms with Crippen LogP contribution in [-0.4, -0.2) is 77.3 Å². The topological polar surface area (TPSA) is 65.9 Å². The van der Waals surface area contributed by atoms with Gasteiger partial charge in [0.25, 0.3) is 0 Å². The Morgan fingerprint density at radius 2 is 2.22 bits per heavy atom. The van der Waals surface area contributed by atoms with Crippen LogP contribution in [0.5, 0.6) is 0 Å². The molecule has 0 bridgehead atoms. The highest BCUT2D eigenvalue weighted by molar-refractivity contribution is 7.09. The summed E-state index contributed by atoms with van der Waals surface area (Å²) in [6, 6.07) is 0.0377. The lowest BCUT2D eigenvalue weighted by Gasteiger charge is -2.36. The standard InChI is InChI=1S/C16H25N3O3S/c1-11-17-12(10-23-11)9-15(20)18(2)13-3-4-14(16(13)21)19-5-7-22-8-6-19/h10,13-14,16,21H,3-9H2,1-2H3/t13-,14-,16-/m1/s1. The maximum absolute atomic E-state index is 12.5. The minimum Gasteiger partial charge on any atom is -0.389 e. The van der Waals surface area contributed by atoms with Gasteiger partial charge in [0.05, 0.1) is 42.5 Å². The van der Waals surface area contributed by atoms with Crippen molar-refractivity contribution >= 4 is 17.2 Å². The largest absolute Gasteiger partial charge is 0.389 e. The normalized spacial score (nSPS) is 28.9. The van der Waals surface area contributed by atoms with E-state index in [1.54, 1.807) is 23.3 Å². The van der Waals surface area contributed by atoms with Gasteiger partial charge >= 0.3 is 0 Å². The van der Waals surface area contributed by atoms with E-state index >= 15 is 0 Å². The smallest absolute Gasteiger partial charge is 0.228 e. The highest BCUT2D eigenvalue weighted by Gasteiger charge is 2.41. The third-order valence-corrected chi connectivity index (χ3v) is 5.77. The van der Waals surface area contributed by atoms with E-state index in [1.807, 2.05) is 12.3 Å². The maximum Gasteiger partial charge on any atom is 0.228 e. The Morgan fingerprint density at radius 3 is 2.87 bits per heavy atom. The highest BCUT2D eigenvalue weighted by Crippen LogP contribution is 2.29. The molecule has 3 rings (SSSR count). The number of hydrogen-bond donors (Lipinski definition) is 1. The average Bonchev–Trinajstić information content (AvgIpc) is 3.13. The van der Waals surface area contributed by atoms with Gasteiger partial charge in [-0.3, -0.25) is 9.69 Å². The average molecular weight is 339 g/mol. The number of ether oxygens (including phenoxy) is 1. The second kappa shape index (κ2) is 7.25. The number of aromatic nitrogens is 1. The number of aliphatic hydroxyl groups excluding tert-OH is 1. The van der Waals surface area contributed by atoms with Crippen LogP contribution in [0.1, 0.15) is 23.5 Å². The van der Waals surface area contributed by atoms with E-state index in [2.05, 4.69) is 9.88 Å². The molecule has 7 heteroatoms. The lowest BCUT2D eigenvalue weighted by Crippen LogP contribution is -2.52. The van der Waals surface area contributed by atoms with E-state index in [0.717, 1.165) is 49.8 Å². The van der Waals surface area contributed by atoms with Crippen molar-refractivity contribution in [1.29, 1.82) is 0 Å². The van der Waals surface area contributed by atoms with Gasteiger partial charge in [-0.25, -0.2) is 4.98 Å². The van der Waals surface area contributed by atoms with Crippen molar-refractivity contribution in [3.05, 3.63) is 16.1 Å². The molecule has 2 heterocycles. The van der Waals surface area contributed by atoms with Gasteiger partial charge in [-0.2, -0.15) is 0 Å². The fraction of sp³-hybridized carbons (Fsp3) is 0.750. The van der Waals surface area contributed by atoms with Gasteiger partial charge in [-0.1, -0.05) is 0 Å². The molecule has 2 fully saturated rings. The number of morpholine rings is 1. The Labute approximate surface area is 141 Å². The number of likely N-dealkylation sites (N-methyl/N-ethyl adjacent to an activating group) is 1. The number of amides is 1. The zero-order valence-electron chi connectivity index (χ0n) is 13.8. The molecule has 1 saturated heterocycles. The van der Waals surface area contributed by atoms with Gasteiger partial charge in [0.15, 0.2) is 0 Å². The number of nitrogens with zero attached hydrogens (tertiary/aromatic N) is 3. The quantitative estimate of drug-likeness (QED) is 0.874. The van der Waals surface area contributed by atoms with Crippen molar-refractivity contribution in [1.82, 2.24) is 14.8 Å². The predicted molar refractivity (Wildman–Crippen MR) is 88.5 cm³/mol. The molecule has 1 saturated carbocycles. The molecule has 1 N–H and O–H groups in total. The van der Waals surface area contributed by atoms with Gasteiger partial charge in [0.2, 0.25) is 5.91 Å². The molecule has 1 aliphatic heterocycles. The third-order valence-electron chi connectivity index (χ3n) is 4.95. The number of carbonyl (C=O) groups is 1. The molecule has 1 aromatic heterocycles. The Hall–Kier alpha value is -1.02. The fourth-order valence-corrected chi connectivity index (χ4v) is 4.24. The van der Waals surface area contributed by atoms with E-state index < -0.39 is 6.10 Å². The Kier molecular flexibility index (Phi) is 5.31. The number of aryl methyl sites for hydroxylation is 1. The Bertz CT molecular complexity index is 544. The van der Waals surface area contributed by atoms with Crippen LogP contribution in [0.2, 0.25) is 0 Å². The van der Waals surface area contributed by atoms with E-state index in [-0.39, 0.29) is 18.0 Å². The van der Waals surface area contributed by atoms with Crippen LogP contribution in [0.4, 0.5) is 0 Å². The number of hydrogen-bond acceptors (Lipinski definition) is 6. The summed E-state index contributed by atoms with van der Waals surface area (Å²) in [7, 11) is 1.80. The van der Waals surface area contributed by atoms with Gasteiger partial charge in [0.1, 0.15) is 0 Å². The van der Waals surface area contributed by atoms with Crippen LogP contribution in [-0.2, 0) is 16.0 Å². The second-order valence-electron chi connectivity index (χ2n) is 6.39. The summed E-state index contributed by atoms with van der Waals surface area (Å²) in [5, 5.41) is 13.6. The van der Waals surface area contributed by atoms with Crippen molar-refractivity contribution in [3.63, 3.8) is 0 Å². The van der Waals surface area contributed by atoms with Crippen molar-refractivity contribution in [3.8, 4) is 0 Å². The van der Waals surface area contributed by atoms with Crippen LogP contribution in [0.3, 0.4) is 0 Å². The second-order valence-corrected chi connectivity index (χ2v) is 7.45. The van der Waals surface area contributed by atoms with E-state index in [1.165, 1.54) is 0 Å². The number of carbonyl (C=O) groups excluding carboxylic acids is 1. The molecule has 0 unspecified atom stereocenters.